The molecule has 0 atom stereocenters. The fraction of sp³-hybridized carbons (Fsp3) is 0.133. The number of hydrogen-bond donors (Lipinski definition) is 1. The summed E-state index contributed by atoms with van der Waals surface area (Å²) in [7, 11) is 0. The first-order valence-corrected chi connectivity index (χ1v) is 6.76. The zero-order valence-corrected chi connectivity index (χ0v) is 12.2. The maximum absolute atomic E-state index is 14.0. The van der Waals surface area contributed by atoms with Crippen molar-refractivity contribution < 1.29 is 4.39 Å². The third-order valence-corrected chi connectivity index (χ3v) is 3.58. The van der Waals surface area contributed by atoms with Crippen molar-refractivity contribution >= 4 is 27.0 Å². The molecule has 19 heavy (non-hydrogen) atoms. The smallest absolute Gasteiger partial charge is 0.141 e. The van der Waals surface area contributed by atoms with E-state index in [1.165, 1.54) is 6.07 Å². The summed E-state index contributed by atoms with van der Waals surface area (Å²) in [4.78, 5) is 7.67. The molecule has 0 radical (unpaired) electrons. The molecule has 0 spiro atoms. The van der Waals surface area contributed by atoms with Gasteiger partial charge in [-0.3, -0.25) is 0 Å². The monoisotopic (exact) mass is 318 g/mol. The van der Waals surface area contributed by atoms with Gasteiger partial charge in [-0.1, -0.05) is 22.0 Å². The zero-order valence-electron chi connectivity index (χ0n) is 10.6. The van der Waals surface area contributed by atoms with Crippen LogP contribution in [0.3, 0.4) is 0 Å². The average molecular weight is 319 g/mol. The van der Waals surface area contributed by atoms with E-state index in [-0.39, 0.29) is 5.82 Å². The molecule has 1 N–H and O–H groups in total. The van der Waals surface area contributed by atoms with Gasteiger partial charge in [0.05, 0.1) is 16.6 Å². The van der Waals surface area contributed by atoms with E-state index in [0.717, 1.165) is 26.6 Å². The normalized spacial score (nSPS) is 11.2. The Morgan fingerprint density at radius 3 is 2.68 bits per heavy atom. The number of rotatable bonds is 1. The third-order valence-electron chi connectivity index (χ3n) is 3.12. The number of hydrogen-bond acceptors (Lipinski definition) is 1. The minimum absolute atomic E-state index is 0.254. The summed E-state index contributed by atoms with van der Waals surface area (Å²) in [5.41, 5.74) is 4.23. The Morgan fingerprint density at radius 2 is 1.95 bits per heavy atom. The second-order valence-corrected chi connectivity index (χ2v) is 5.60. The van der Waals surface area contributed by atoms with Crippen molar-refractivity contribution in [3.8, 4) is 11.4 Å². The molecule has 4 heteroatoms. The van der Waals surface area contributed by atoms with Gasteiger partial charge in [0.2, 0.25) is 0 Å². The van der Waals surface area contributed by atoms with Gasteiger partial charge < -0.3 is 4.98 Å². The number of aromatic amines is 1. The summed E-state index contributed by atoms with van der Waals surface area (Å²) < 4.78 is 15.0. The Morgan fingerprint density at radius 1 is 1.16 bits per heavy atom. The van der Waals surface area contributed by atoms with E-state index in [1.54, 1.807) is 6.07 Å². The largest absolute Gasteiger partial charge is 0.338 e. The molecule has 0 fully saturated rings. The van der Waals surface area contributed by atoms with Gasteiger partial charge in [0, 0.05) is 4.47 Å². The number of nitrogens with one attached hydrogen (secondary N) is 1. The van der Waals surface area contributed by atoms with Crippen molar-refractivity contribution in [1.82, 2.24) is 9.97 Å². The van der Waals surface area contributed by atoms with Crippen LogP contribution >= 0.6 is 15.9 Å². The summed E-state index contributed by atoms with van der Waals surface area (Å²) in [6, 6.07) is 9.11. The van der Waals surface area contributed by atoms with Crippen LogP contribution < -0.4 is 0 Å². The van der Waals surface area contributed by atoms with E-state index < -0.39 is 0 Å². The number of nitrogens with zero attached hydrogens (tertiary/aromatic N) is 1. The van der Waals surface area contributed by atoms with Gasteiger partial charge in [0.1, 0.15) is 11.6 Å². The van der Waals surface area contributed by atoms with Crippen molar-refractivity contribution in [3.63, 3.8) is 0 Å². The van der Waals surface area contributed by atoms with Gasteiger partial charge in [-0.15, -0.1) is 0 Å². The fourth-order valence-corrected chi connectivity index (χ4v) is 2.76. The first-order valence-electron chi connectivity index (χ1n) is 5.97. The van der Waals surface area contributed by atoms with Crippen molar-refractivity contribution in [1.29, 1.82) is 0 Å². The number of fused-ring (bicyclic) bond motifs is 1. The Balaban J connectivity index is 2.23. The number of aryl methyl sites for hydroxylation is 2. The lowest BCUT2D eigenvalue weighted by molar-refractivity contribution is 0.629. The SMILES string of the molecule is Cc1ccc(-c2nc3c(C)cc(Br)cc3[nH]2)c(F)c1. The molecule has 0 amide bonds. The molecule has 0 unspecified atom stereocenters. The van der Waals surface area contributed by atoms with Crippen LogP contribution in [0.1, 0.15) is 11.1 Å². The standard InChI is InChI=1S/C15H12BrFN2/c1-8-3-4-11(12(17)5-8)15-18-13-7-10(16)6-9(2)14(13)19-15/h3-7H,1-2H3,(H,18,19). The van der Waals surface area contributed by atoms with Crippen LogP contribution in [0.15, 0.2) is 34.8 Å². The summed E-state index contributed by atoms with van der Waals surface area (Å²) in [6.07, 6.45) is 0. The highest BCUT2D eigenvalue weighted by molar-refractivity contribution is 9.10. The van der Waals surface area contributed by atoms with E-state index in [0.29, 0.717) is 11.4 Å². The molecule has 2 aromatic carbocycles. The number of halogens is 2. The van der Waals surface area contributed by atoms with Crippen molar-refractivity contribution in [2.24, 2.45) is 0 Å². The quantitative estimate of drug-likeness (QED) is 0.689. The summed E-state index contributed by atoms with van der Waals surface area (Å²) >= 11 is 3.45. The molecule has 0 bridgehead atoms. The van der Waals surface area contributed by atoms with Crippen molar-refractivity contribution in [2.45, 2.75) is 13.8 Å². The first-order chi connectivity index (χ1) is 9.04. The van der Waals surface area contributed by atoms with Gasteiger partial charge in [0.15, 0.2) is 0 Å². The lowest BCUT2D eigenvalue weighted by Crippen LogP contribution is -1.87. The molecule has 3 aromatic rings. The molecular formula is C15H12BrFN2. The zero-order chi connectivity index (χ0) is 13.6. The van der Waals surface area contributed by atoms with Crippen LogP contribution in [0.5, 0.6) is 0 Å². The Labute approximate surface area is 118 Å². The Kier molecular flexibility index (Phi) is 2.90. The third kappa shape index (κ3) is 2.16. The molecule has 1 heterocycles. The van der Waals surface area contributed by atoms with Gasteiger partial charge in [-0.2, -0.15) is 0 Å². The second-order valence-electron chi connectivity index (χ2n) is 4.69. The molecule has 0 saturated carbocycles. The van der Waals surface area contributed by atoms with Crippen LogP contribution in [-0.2, 0) is 0 Å². The van der Waals surface area contributed by atoms with Crippen molar-refractivity contribution in [2.75, 3.05) is 0 Å². The van der Waals surface area contributed by atoms with Crippen LogP contribution in [0.2, 0.25) is 0 Å². The Bertz CT molecular complexity index is 777. The molecule has 96 valence electrons. The molecule has 0 aliphatic heterocycles. The molecule has 3 rings (SSSR count). The highest BCUT2D eigenvalue weighted by Crippen LogP contribution is 2.27. The maximum atomic E-state index is 14.0. The highest BCUT2D eigenvalue weighted by Gasteiger charge is 2.11. The molecule has 1 aromatic heterocycles. The van der Waals surface area contributed by atoms with Gasteiger partial charge >= 0.3 is 0 Å². The lowest BCUT2D eigenvalue weighted by atomic mass is 10.1. The molecular weight excluding hydrogens is 307 g/mol. The summed E-state index contributed by atoms with van der Waals surface area (Å²) in [6.45, 7) is 3.86. The molecule has 0 saturated heterocycles. The predicted molar refractivity (Wildman–Crippen MR) is 78.7 cm³/mol. The summed E-state index contributed by atoms with van der Waals surface area (Å²) in [5, 5.41) is 0. The van der Waals surface area contributed by atoms with E-state index in [9.17, 15) is 4.39 Å². The molecule has 0 aliphatic carbocycles. The number of imidazole rings is 1. The van der Waals surface area contributed by atoms with E-state index >= 15 is 0 Å². The van der Waals surface area contributed by atoms with E-state index in [4.69, 9.17) is 0 Å². The van der Waals surface area contributed by atoms with Crippen molar-refractivity contribution in [3.05, 3.63) is 51.7 Å². The van der Waals surface area contributed by atoms with Crippen LogP contribution in [0, 0.1) is 19.7 Å². The van der Waals surface area contributed by atoms with Gasteiger partial charge in [0.25, 0.3) is 0 Å². The summed E-state index contributed by atoms with van der Waals surface area (Å²) in [5.74, 6) is 0.310. The van der Waals surface area contributed by atoms with E-state index in [2.05, 4.69) is 25.9 Å². The molecule has 2 nitrogen and oxygen atoms in total. The minimum Gasteiger partial charge on any atom is -0.338 e. The second kappa shape index (κ2) is 4.46. The number of aromatic nitrogens is 2. The van der Waals surface area contributed by atoms with Crippen LogP contribution in [-0.4, -0.2) is 9.97 Å². The van der Waals surface area contributed by atoms with Gasteiger partial charge in [-0.05, 0) is 49.2 Å². The van der Waals surface area contributed by atoms with Crippen LogP contribution in [0.25, 0.3) is 22.4 Å². The minimum atomic E-state index is -0.254. The lowest BCUT2D eigenvalue weighted by Gasteiger charge is -2.00. The Hall–Kier alpha value is -1.68. The number of H-pyrrole nitrogens is 1. The predicted octanol–water partition coefficient (Wildman–Crippen LogP) is 4.75. The van der Waals surface area contributed by atoms with Crippen LogP contribution in [0.4, 0.5) is 4.39 Å². The topological polar surface area (TPSA) is 28.7 Å². The average Bonchev–Trinajstić information content (AvgIpc) is 2.72. The van der Waals surface area contributed by atoms with Gasteiger partial charge in [-0.25, -0.2) is 9.37 Å². The number of benzene rings is 2. The highest BCUT2D eigenvalue weighted by atomic mass is 79.9. The fourth-order valence-electron chi connectivity index (χ4n) is 2.19. The van der Waals surface area contributed by atoms with E-state index in [1.807, 2.05) is 32.0 Å². The molecule has 0 aliphatic rings. The maximum Gasteiger partial charge on any atom is 0.141 e. The first kappa shape index (κ1) is 12.4.